The van der Waals surface area contributed by atoms with Crippen LogP contribution in [-0.2, 0) is 22.4 Å². The molecule has 2 amide bonds. The molecule has 2 rings (SSSR count). The topological polar surface area (TPSA) is 58.2 Å². The second-order valence-corrected chi connectivity index (χ2v) is 7.16. The van der Waals surface area contributed by atoms with Crippen LogP contribution in [0, 0.1) is 5.41 Å². The van der Waals surface area contributed by atoms with Gasteiger partial charge < -0.3 is 10.6 Å². The van der Waals surface area contributed by atoms with Gasteiger partial charge in [0.05, 0.1) is 0 Å². The van der Waals surface area contributed by atoms with Crippen molar-refractivity contribution in [3.05, 3.63) is 64.7 Å². The highest BCUT2D eigenvalue weighted by Crippen LogP contribution is 2.22. The Balaban J connectivity index is 1.93. The number of aryl methyl sites for hydroxylation is 1. The standard InChI is InChI=1S/C21H25ClN2O2/c1-4-16-7-5-6-8-18(16)24-20(26)21(2,3)19(25)23-14-13-15-9-11-17(22)12-10-15/h5-12H,4,13-14H2,1-3H3,(H,23,25)(H,24,26). The molecule has 0 atom stereocenters. The molecule has 0 bridgehead atoms. The largest absolute Gasteiger partial charge is 0.355 e. The van der Waals surface area contributed by atoms with Crippen LogP contribution in [-0.4, -0.2) is 18.4 Å². The van der Waals surface area contributed by atoms with E-state index in [2.05, 4.69) is 10.6 Å². The molecular weight excluding hydrogens is 348 g/mol. The van der Waals surface area contributed by atoms with Crippen molar-refractivity contribution >= 4 is 29.1 Å². The average Bonchev–Trinajstić information content (AvgIpc) is 2.63. The summed E-state index contributed by atoms with van der Waals surface area (Å²) < 4.78 is 0. The molecule has 0 aromatic heterocycles. The lowest BCUT2D eigenvalue weighted by molar-refractivity contribution is -0.138. The maximum Gasteiger partial charge on any atom is 0.239 e. The molecule has 0 aliphatic heterocycles. The molecule has 0 fully saturated rings. The van der Waals surface area contributed by atoms with Crippen LogP contribution in [0.4, 0.5) is 5.69 Å². The zero-order valence-electron chi connectivity index (χ0n) is 15.4. The first-order valence-corrected chi connectivity index (χ1v) is 9.14. The summed E-state index contributed by atoms with van der Waals surface area (Å²) in [6.45, 7) is 5.76. The van der Waals surface area contributed by atoms with Gasteiger partial charge in [-0.3, -0.25) is 9.59 Å². The third kappa shape index (κ3) is 5.09. The first-order chi connectivity index (χ1) is 12.3. The summed E-state index contributed by atoms with van der Waals surface area (Å²) in [6, 6.07) is 15.1. The SMILES string of the molecule is CCc1ccccc1NC(=O)C(C)(C)C(=O)NCCc1ccc(Cl)cc1. The normalized spacial score (nSPS) is 11.1. The van der Waals surface area contributed by atoms with Crippen LogP contribution in [0.15, 0.2) is 48.5 Å². The second-order valence-electron chi connectivity index (χ2n) is 6.72. The number of nitrogens with one attached hydrogen (secondary N) is 2. The van der Waals surface area contributed by atoms with Gasteiger partial charge in [-0.15, -0.1) is 0 Å². The molecule has 0 saturated heterocycles. The number of rotatable bonds is 7. The monoisotopic (exact) mass is 372 g/mol. The highest BCUT2D eigenvalue weighted by atomic mass is 35.5. The third-order valence-electron chi connectivity index (χ3n) is 4.39. The van der Waals surface area contributed by atoms with Crippen LogP contribution in [0.1, 0.15) is 31.9 Å². The van der Waals surface area contributed by atoms with Crippen molar-refractivity contribution < 1.29 is 9.59 Å². The van der Waals surface area contributed by atoms with Crippen molar-refractivity contribution in [1.82, 2.24) is 5.32 Å². The van der Waals surface area contributed by atoms with Gasteiger partial charge in [0.15, 0.2) is 0 Å². The lowest BCUT2D eigenvalue weighted by atomic mass is 9.90. The van der Waals surface area contributed by atoms with Crippen molar-refractivity contribution in [2.45, 2.75) is 33.6 Å². The van der Waals surface area contributed by atoms with Crippen LogP contribution >= 0.6 is 11.6 Å². The lowest BCUT2D eigenvalue weighted by Crippen LogP contribution is -2.45. The fraction of sp³-hybridized carbons (Fsp3) is 0.333. The van der Waals surface area contributed by atoms with Gasteiger partial charge in [-0.2, -0.15) is 0 Å². The van der Waals surface area contributed by atoms with Crippen molar-refractivity contribution in [2.75, 3.05) is 11.9 Å². The minimum absolute atomic E-state index is 0.294. The van der Waals surface area contributed by atoms with Crippen LogP contribution < -0.4 is 10.6 Å². The molecule has 4 nitrogen and oxygen atoms in total. The molecule has 0 aliphatic rings. The summed E-state index contributed by atoms with van der Waals surface area (Å²) in [5.74, 6) is -0.611. The van der Waals surface area contributed by atoms with Gasteiger partial charge >= 0.3 is 0 Å². The Labute approximate surface area is 159 Å². The molecule has 2 aromatic rings. The summed E-state index contributed by atoms with van der Waals surface area (Å²) in [4.78, 5) is 25.1. The van der Waals surface area contributed by atoms with E-state index in [1.807, 2.05) is 55.5 Å². The number of hydrogen-bond donors (Lipinski definition) is 2. The predicted octanol–water partition coefficient (Wildman–Crippen LogP) is 4.23. The molecule has 0 unspecified atom stereocenters. The summed E-state index contributed by atoms with van der Waals surface area (Å²) in [6.07, 6.45) is 1.49. The van der Waals surface area contributed by atoms with E-state index in [9.17, 15) is 9.59 Å². The first-order valence-electron chi connectivity index (χ1n) is 8.76. The van der Waals surface area contributed by atoms with Gasteiger partial charge in [-0.1, -0.05) is 48.9 Å². The third-order valence-corrected chi connectivity index (χ3v) is 4.65. The Hall–Kier alpha value is -2.33. The van der Waals surface area contributed by atoms with Gasteiger partial charge in [0, 0.05) is 17.3 Å². The van der Waals surface area contributed by atoms with Gasteiger partial charge in [-0.25, -0.2) is 0 Å². The van der Waals surface area contributed by atoms with Crippen LogP contribution in [0.2, 0.25) is 5.02 Å². The van der Waals surface area contributed by atoms with Crippen LogP contribution in [0.5, 0.6) is 0 Å². The molecule has 5 heteroatoms. The van der Waals surface area contributed by atoms with Gasteiger partial charge in [0.25, 0.3) is 0 Å². The van der Waals surface area contributed by atoms with Crippen molar-refractivity contribution in [3.8, 4) is 0 Å². The van der Waals surface area contributed by atoms with Gasteiger partial charge in [0.1, 0.15) is 5.41 Å². The Morgan fingerprint density at radius 1 is 1.00 bits per heavy atom. The predicted molar refractivity (Wildman–Crippen MR) is 106 cm³/mol. The zero-order valence-corrected chi connectivity index (χ0v) is 16.2. The summed E-state index contributed by atoms with van der Waals surface area (Å²) in [5, 5.41) is 6.41. The van der Waals surface area contributed by atoms with E-state index in [0.717, 1.165) is 23.2 Å². The smallest absolute Gasteiger partial charge is 0.239 e. The van der Waals surface area contributed by atoms with Crippen LogP contribution in [0.25, 0.3) is 0 Å². The molecule has 0 saturated carbocycles. The fourth-order valence-corrected chi connectivity index (χ4v) is 2.65. The van der Waals surface area contributed by atoms with E-state index >= 15 is 0 Å². The Morgan fingerprint density at radius 3 is 2.31 bits per heavy atom. The van der Waals surface area contributed by atoms with E-state index < -0.39 is 5.41 Å². The number of halogens is 1. The van der Waals surface area contributed by atoms with E-state index in [1.165, 1.54) is 0 Å². The first kappa shape index (κ1) is 20.0. The molecule has 2 N–H and O–H groups in total. The Morgan fingerprint density at radius 2 is 1.65 bits per heavy atom. The molecule has 0 aliphatic carbocycles. The van der Waals surface area contributed by atoms with Crippen molar-refractivity contribution in [3.63, 3.8) is 0 Å². The lowest BCUT2D eigenvalue weighted by Gasteiger charge is -2.23. The molecule has 0 radical (unpaired) electrons. The highest BCUT2D eigenvalue weighted by molar-refractivity contribution is 6.30. The van der Waals surface area contributed by atoms with E-state index in [-0.39, 0.29) is 11.8 Å². The van der Waals surface area contributed by atoms with Crippen LogP contribution in [0.3, 0.4) is 0 Å². The molecule has 138 valence electrons. The van der Waals surface area contributed by atoms with Crippen molar-refractivity contribution in [2.24, 2.45) is 5.41 Å². The Kier molecular flexibility index (Phi) is 6.81. The second kappa shape index (κ2) is 8.86. The molecule has 0 heterocycles. The van der Waals surface area contributed by atoms with Gasteiger partial charge in [0.2, 0.25) is 11.8 Å². The number of carbonyl (C=O) groups excluding carboxylic acids is 2. The minimum Gasteiger partial charge on any atom is -0.355 e. The molecular formula is C21H25ClN2O2. The molecule has 26 heavy (non-hydrogen) atoms. The summed E-state index contributed by atoms with van der Waals surface area (Å²) in [7, 11) is 0. The molecule has 2 aromatic carbocycles. The number of para-hydroxylation sites is 1. The average molecular weight is 373 g/mol. The summed E-state index contributed by atoms with van der Waals surface area (Å²) >= 11 is 5.86. The van der Waals surface area contributed by atoms with Gasteiger partial charge in [-0.05, 0) is 56.0 Å². The number of amides is 2. The zero-order chi connectivity index (χ0) is 19.2. The minimum atomic E-state index is -1.17. The number of benzene rings is 2. The maximum atomic E-state index is 12.6. The number of carbonyl (C=O) groups is 2. The number of hydrogen-bond acceptors (Lipinski definition) is 2. The maximum absolute atomic E-state index is 12.6. The highest BCUT2D eigenvalue weighted by Gasteiger charge is 2.36. The van der Waals surface area contributed by atoms with E-state index in [1.54, 1.807) is 13.8 Å². The Bertz CT molecular complexity index is 770. The fourth-order valence-electron chi connectivity index (χ4n) is 2.52. The van der Waals surface area contributed by atoms with E-state index in [4.69, 9.17) is 11.6 Å². The van der Waals surface area contributed by atoms with Crippen molar-refractivity contribution in [1.29, 1.82) is 0 Å². The summed E-state index contributed by atoms with van der Waals surface area (Å²) in [5.41, 5.74) is 1.71. The quantitative estimate of drug-likeness (QED) is 0.714. The van der Waals surface area contributed by atoms with E-state index in [0.29, 0.717) is 18.0 Å². The molecule has 0 spiro atoms. The number of anilines is 1.